The van der Waals surface area contributed by atoms with Gasteiger partial charge >= 0.3 is 0 Å². The van der Waals surface area contributed by atoms with Gasteiger partial charge in [-0.25, -0.2) is 18.5 Å². The summed E-state index contributed by atoms with van der Waals surface area (Å²) in [6.07, 6.45) is 1.90. The van der Waals surface area contributed by atoms with Crippen LogP contribution in [0.1, 0.15) is 0 Å². The molecule has 8 heteroatoms. The van der Waals surface area contributed by atoms with E-state index < -0.39 is 10.0 Å². The molecule has 1 heterocycles. The summed E-state index contributed by atoms with van der Waals surface area (Å²) in [5.74, 6) is 1.45. The van der Waals surface area contributed by atoms with Gasteiger partial charge in [0.15, 0.2) is 0 Å². The van der Waals surface area contributed by atoms with Gasteiger partial charge in [-0.05, 0) is 72.8 Å². The maximum Gasteiger partial charge on any atom is 0.238 e. The summed E-state index contributed by atoms with van der Waals surface area (Å²) in [5.41, 5.74) is 3.30. The van der Waals surface area contributed by atoms with Crippen molar-refractivity contribution in [3.8, 4) is 34.1 Å². The normalized spacial score (nSPS) is 11.4. The lowest BCUT2D eigenvalue weighted by Crippen LogP contribution is -2.12. The number of benzene rings is 3. The Morgan fingerprint density at radius 3 is 2.07 bits per heavy atom. The van der Waals surface area contributed by atoms with E-state index in [1.807, 2.05) is 47.2 Å². The standard InChI is InChI=1S/C22H18ClN3O3S/c1-29-19-10-4-15(5-11-19)21-14-26(18-8-12-20(13-9-18)30(24,27)28)22(25-21)16-2-6-17(23)7-3-16/h2-14H,1H3,(H2,24,27,28). The lowest BCUT2D eigenvalue weighted by Gasteiger charge is -2.08. The first-order chi connectivity index (χ1) is 14.3. The third kappa shape index (κ3) is 4.09. The zero-order valence-electron chi connectivity index (χ0n) is 16.0. The third-order valence-electron chi connectivity index (χ3n) is 4.64. The first-order valence-corrected chi connectivity index (χ1v) is 10.9. The van der Waals surface area contributed by atoms with Crippen LogP contribution in [-0.4, -0.2) is 25.1 Å². The van der Waals surface area contributed by atoms with Gasteiger partial charge in [0, 0.05) is 28.0 Å². The number of aromatic nitrogens is 2. The maximum atomic E-state index is 11.6. The Labute approximate surface area is 179 Å². The second kappa shape index (κ2) is 7.95. The number of sulfonamides is 1. The van der Waals surface area contributed by atoms with Crippen molar-refractivity contribution < 1.29 is 13.2 Å². The molecule has 3 aromatic carbocycles. The van der Waals surface area contributed by atoms with E-state index in [2.05, 4.69) is 0 Å². The second-order valence-electron chi connectivity index (χ2n) is 6.59. The van der Waals surface area contributed by atoms with E-state index in [0.29, 0.717) is 10.8 Å². The number of primary sulfonamides is 1. The molecule has 4 rings (SSSR count). The fourth-order valence-electron chi connectivity index (χ4n) is 3.08. The first kappa shape index (κ1) is 20.2. The maximum absolute atomic E-state index is 11.6. The molecule has 30 heavy (non-hydrogen) atoms. The minimum absolute atomic E-state index is 0.0507. The Morgan fingerprint density at radius 2 is 1.50 bits per heavy atom. The van der Waals surface area contributed by atoms with Crippen LogP contribution in [0, 0.1) is 0 Å². The van der Waals surface area contributed by atoms with Crippen LogP contribution >= 0.6 is 11.6 Å². The molecule has 1 aromatic heterocycles. The SMILES string of the molecule is COc1ccc(-c2cn(-c3ccc(S(N)(=O)=O)cc3)c(-c3ccc(Cl)cc3)n2)cc1. The Kier molecular flexibility index (Phi) is 5.34. The van der Waals surface area contributed by atoms with Crippen molar-refractivity contribution in [2.24, 2.45) is 5.14 Å². The highest BCUT2D eigenvalue weighted by atomic mass is 35.5. The van der Waals surface area contributed by atoms with E-state index in [1.165, 1.54) is 12.1 Å². The molecule has 6 nitrogen and oxygen atoms in total. The summed E-state index contributed by atoms with van der Waals surface area (Å²) in [6.45, 7) is 0. The topological polar surface area (TPSA) is 87.2 Å². The zero-order valence-corrected chi connectivity index (χ0v) is 17.6. The van der Waals surface area contributed by atoms with Crippen LogP contribution in [0.15, 0.2) is 83.9 Å². The lowest BCUT2D eigenvalue weighted by atomic mass is 10.1. The summed E-state index contributed by atoms with van der Waals surface area (Å²) >= 11 is 6.04. The fraction of sp³-hybridized carbons (Fsp3) is 0.0455. The van der Waals surface area contributed by atoms with Gasteiger partial charge in [-0.15, -0.1) is 0 Å². The van der Waals surface area contributed by atoms with Crippen LogP contribution in [0.5, 0.6) is 5.75 Å². The number of hydrogen-bond acceptors (Lipinski definition) is 4. The van der Waals surface area contributed by atoms with E-state index in [1.54, 1.807) is 31.4 Å². The first-order valence-electron chi connectivity index (χ1n) is 8.98. The number of rotatable bonds is 5. The van der Waals surface area contributed by atoms with Gasteiger partial charge in [0.25, 0.3) is 0 Å². The summed E-state index contributed by atoms with van der Waals surface area (Å²) in [6, 6.07) is 21.3. The van der Waals surface area contributed by atoms with Crippen LogP contribution in [0.4, 0.5) is 0 Å². The van der Waals surface area contributed by atoms with Crippen molar-refractivity contribution >= 4 is 21.6 Å². The van der Waals surface area contributed by atoms with E-state index >= 15 is 0 Å². The molecule has 0 aliphatic carbocycles. The monoisotopic (exact) mass is 439 g/mol. The molecule has 152 valence electrons. The van der Waals surface area contributed by atoms with E-state index in [0.717, 1.165) is 28.3 Å². The highest BCUT2D eigenvalue weighted by Gasteiger charge is 2.15. The second-order valence-corrected chi connectivity index (χ2v) is 8.59. The van der Waals surface area contributed by atoms with Crippen LogP contribution in [0.2, 0.25) is 5.02 Å². The molecule has 0 aliphatic rings. The Morgan fingerprint density at radius 1 is 0.900 bits per heavy atom. The number of halogens is 1. The molecule has 0 fully saturated rings. The Bertz CT molecular complexity index is 1280. The molecule has 0 saturated heterocycles. The number of imidazole rings is 1. The van der Waals surface area contributed by atoms with E-state index in [9.17, 15) is 8.42 Å². The molecule has 0 aliphatic heterocycles. The molecule has 0 bridgehead atoms. The molecule has 0 unspecified atom stereocenters. The predicted molar refractivity (Wildman–Crippen MR) is 117 cm³/mol. The van der Waals surface area contributed by atoms with Gasteiger partial charge < -0.3 is 4.74 Å². The summed E-state index contributed by atoms with van der Waals surface area (Å²) in [7, 11) is -2.15. The van der Waals surface area contributed by atoms with E-state index in [-0.39, 0.29) is 4.90 Å². The van der Waals surface area contributed by atoms with Crippen molar-refractivity contribution in [1.29, 1.82) is 0 Å². The van der Waals surface area contributed by atoms with Crippen molar-refractivity contribution in [2.75, 3.05) is 7.11 Å². The third-order valence-corrected chi connectivity index (χ3v) is 5.82. The number of ether oxygens (including phenoxy) is 1. The molecule has 2 N–H and O–H groups in total. The number of hydrogen-bond donors (Lipinski definition) is 1. The van der Waals surface area contributed by atoms with Crippen LogP contribution in [-0.2, 0) is 10.0 Å². The smallest absolute Gasteiger partial charge is 0.238 e. The van der Waals surface area contributed by atoms with Gasteiger partial charge in [-0.3, -0.25) is 4.57 Å². The molecular formula is C22H18ClN3O3S. The lowest BCUT2D eigenvalue weighted by molar-refractivity contribution is 0.415. The molecule has 0 radical (unpaired) electrons. The van der Waals surface area contributed by atoms with Gasteiger partial charge in [0.05, 0.1) is 17.7 Å². The average molecular weight is 440 g/mol. The van der Waals surface area contributed by atoms with Crippen molar-refractivity contribution in [3.63, 3.8) is 0 Å². The number of methoxy groups -OCH3 is 1. The quantitative estimate of drug-likeness (QED) is 0.495. The van der Waals surface area contributed by atoms with E-state index in [4.69, 9.17) is 26.5 Å². The molecule has 0 saturated carbocycles. The fourth-order valence-corrected chi connectivity index (χ4v) is 3.72. The van der Waals surface area contributed by atoms with Gasteiger partial charge in [0.1, 0.15) is 11.6 Å². The predicted octanol–water partition coefficient (Wildman–Crippen LogP) is 4.52. The van der Waals surface area contributed by atoms with Crippen LogP contribution in [0.3, 0.4) is 0 Å². The largest absolute Gasteiger partial charge is 0.497 e. The summed E-state index contributed by atoms with van der Waals surface area (Å²) in [5, 5.41) is 5.84. The van der Waals surface area contributed by atoms with Crippen LogP contribution < -0.4 is 9.88 Å². The van der Waals surface area contributed by atoms with Crippen LogP contribution in [0.25, 0.3) is 28.3 Å². The molecule has 0 spiro atoms. The van der Waals surface area contributed by atoms with Crippen molar-refractivity contribution in [2.45, 2.75) is 4.90 Å². The van der Waals surface area contributed by atoms with Gasteiger partial charge in [-0.1, -0.05) is 11.6 Å². The Hall–Kier alpha value is -3.13. The minimum Gasteiger partial charge on any atom is -0.497 e. The number of nitrogens with zero attached hydrogens (tertiary/aromatic N) is 2. The van der Waals surface area contributed by atoms with Crippen molar-refractivity contribution in [3.05, 3.63) is 84.0 Å². The van der Waals surface area contributed by atoms with Crippen molar-refractivity contribution in [1.82, 2.24) is 9.55 Å². The zero-order chi connectivity index (χ0) is 21.3. The average Bonchev–Trinajstić information content (AvgIpc) is 3.19. The highest BCUT2D eigenvalue weighted by molar-refractivity contribution is 7.89. The summed E-state index contributed by atoms with van der Waals surface area (Å²) < 4.78 is 30.3. The molecule has 4 aromatic rings. The van der Waals surface area contributed by atoms with Gasteiger partial charge in [-0.2, -0.15) is 0 Å². The molecule has 0 amide bonds. The highest BCUT2D eigenvalue weighted by Crippen LogP contribution is 2.30. The van der Waals surface area contributed by atoms with Gasteiger partial charge in [0.2, 0.25) is 10.0 Å². The molecule has 0 atom stereocenters. The summed E-state index contributed by atoms with van der Waals surface area (Å²) in [4.78, 5) is 4.87. The number of nitrogens with two attached hydrogens (primary N) is 1. The minimum atomic E-state index is -3.76. The Balaban J connectivity index is 1.84. The molecular weight excluding hydrogens is 422 g/mol.